The molecule has 0 radical (unpaired) electrons. The number of methoxy groups -OCH3 is 1. The van der Waals surface area contributed by atoms with E-state index in [1.165, 1.54) is 6.07 Å². The summed E-state index contributed by atoms with van der Waals surface area (Å²) >= 11 is 9.22. The van der Waals surface area contributed by atoms with Crippen LogP contribution in [0.5, 0.6) is 5.75 Å². The third-order valence-corrected chi connectivity index (χ3v) is 4.14. The molecule has 0 aliphatic carbocycles. The van der Waals surface area contributed by atoms with E-state index >= 15 is 0 Å². The maximum atomic E-state index is 13.9. The molecule has 21 heavy (non-hydrogen) atoms. The first-order valence-corrected chi connectivity index (χ1v) is 7.69. The van der Waals surface area contributed by atoms with Crippen LogP contribution in [0.1, 0.15) is 11.1 Å². The van der Waals surface area contributed by atoms with Gasteiger partial charge in [0.05, 0.1) is 16.6 Å². The van der Waals surface area contributed by atoms with Crippen LogP contribution >= 0.6 is 27.5 Å². The number of hydrogen-bond donors (Lipinski definition) is 1. The zero-order chi connectivity index (χ0) is 15.4. The lowest BCUT2D eigenvalue weighted by Crippen LogP contribution is -2.26. The summed E-state index contributed by atoms with van der Waals surface area (Å²) in [6, 6.07) is 10.6. The van der Waals surface area contributed by atoms with Crippen LogP contribution in [0.25, 0.3) is 0 Å². The Morgan fingerprint density at radius 3 is 2.71 bits per heavy atom. The van der Waals surface area contributed by atoms with E-state index in [2.05, 4.69) is 15.9 Å². The van der Waals surface area contributed by atoms with Crippen molar-refractivity contribution in [2.45, 2.75) is 18.9 Å². The molecule has 2 rings (SSSR count). The lowest BCUT2D eigenvalue weighted by atomic mass is 9.99. The minimum atomic E-state index is -0.384. The first kappa shape index (κ1) is 16.3. The molecule has 1 unspecified atom stereocenters. The zero-order valence-corrected chi connectivity index (χ0v) is 13.9. The van der Waals surface area contributed by atoms with Gasteiger partial charge in [-0.15, -0.1) is 0 Å². The van der Waals surface area contributed by atoms with Crippen molar-refractivity contribution in [3.63, 3.8) is 0 Å². The van der Waals surface area contributed by atoms with E-state index in [1.807, 2.05) is 18.2 Å². The second kappa shape index (κ2) is 7.25. The summed E-state index contributed by atoms with van der Waals surface area (Å²) in [6.45, 7) is 0. The van der Waals surface area contributed by atoms with Gasteiger partial charge >= 0.3 is 0 Å². The summed E-state index contributed by atoms with van der Waals surface area (Å²) in [4.78, 5) is 0. The molecule has 0 bridgehead atoms. The number of benzene rings is 2. The maximum Gasteiger partial charge on any atom is 0.145 e. The third kappa shape index (κ3) is 4.19. The van der Waals surface area contributed by atoms with Crippen LogP contribution in [0.4, 0.5) is 4.39 Å². The second-order valence-electron chi connectivity index (χ2n) is 4.85. The fourth-order valence-corrected chi connectivity index (χ4v) is 2.98. The van der Waals surface area contributed by atoms with Gasteiger partial charge in [0.1, 0.15) is 11.6 Å². The topological polar surface area (TPSA) is 35.2 Å². The first-order chi connectivity index (χ1) is 10.0. The largest absolute Gasteiger partial charge is 0.496 e. The van der Waals surface area contributed by atoms with Gasteiger partial charge in [0.25, 0.3) is 0 Å². The number of nitrogens with two attached hydrogens (primary N) is 1. The summed E-state index contributed by atoms with van der Waals surface area (Å²) < 4.78 is 19.9. The Balaban J connectivity index is 2.06. The fourth-order valence-electron chi connectivity index (χ4n) is 2.20. The molecule has 0 aliphatic rings. The van der Waals surface area contributed by atoms with Crippen LogP contribution in [-0.2, 0) is 12.8 Å². The SMILES string of the molecule is COc1ccc(CC(N)Cc2cccc(Cl)c2F)cc1Br. The Hall–Kier alpha value is -1.10. The number of ether oxygens (including phenoxy) is 1. The van der Waals surface area contributed by atoms with Gasteiger partial charge in [0, 0.05) is 6.04 Å². The van der Waals surface area contributed by atoms with Crippen LogP contribution in [0.2, 0.25) is 5.02 Å². The number of halogens is 3. The molecule has 0 amide bonds. The lowest BCUT2D eigenvalue weighted by molar-refractivity contribution is 0.412. The molecule has 5 heteroatoms. The first-order valence-electron chi connectivity index (χ1n) is 6.52. The van der Waals surface area contributed by atoms with Crippen LogP contribution in [0.3, 0.4) is 0 Å². The Kier molecular flexibility index (Phi) is 5.62. The molecular weight excluding hydrogens is 357 g/mol. The zero-order valence-electron chi connectivity index (χ0n) is 11.6. The van der Waals surface area contributed by atoms with Gasteiger partial charge in [-0.2, -0.15) is 0 Å². The maximum absolute atomic E-state index is 13.9. The van der Waals surface area contributed by atoms with E-state index in [0.717, 1.165) is 15.8 Å². The molecule has 0 spiro atoms. The Morgan fingerprint density at radius 2 is 2.05 bits per heavy atom. The van der Waals surface area contributed by atoms with Crippen molar-refractivity contribution in [3.05, 3.63) is 62.8 Å². The van der Waals surface area contributed by atoms with Gasteiger partial charge in [0.2, 0.25) is 0 Å². The predicted octanol–water partition coefficient (Wildman–Crippen LogP) is 4.36. The Labute approximate surface area is 137 Å². The van der Waals surface area contributed by atoms with Crippen LogP contribution in [0, 0.1) is 5.82 Å². The molecule has 0 heterocycles. The molecule has 2 aromatic rings. The van der Waals surface area contributed by atoms with E-state index in [9.17, 15) is 4.39 Å². The van der Waals surface area contributed by atoms with Crippen molar-refractivity contribution >= 4 is 27.5 Å². The van der Waals surface area contributed by atoms with Gasteiger partial charge in [0.15, 0.2) is 0 Å². The summed E-state index contributed by atoms with van der Waals surface area (Å²) in [7, 11) is 1.62. The van der Waals surface area contributed by atoms with E-state index in [-0.39, 0.29) is 16.9 Å². The lowest BCUT2D eigenvalue weighted by Gasteiger charge is -2.14. The van der Waals surface area contributed by atoms with E-state index in [4.69, 9.17) is 22.1 Å². The third-order valence-electron chi connectivity index (χ3n) is 3.23. The minimum absolute atomic E-state index is 0.131. The molecule has 112 valence electrons. The normalized spacial score (nSPS) is 12.2. The highest BCUT2D eigenvalue weighted by molar-refractivity contribution is 9.10. The minimum Gasteiger partial charge on any atom is -0.496 e. The second-order valence-corrected chi connectivity index (χ2v) is 6.11. The van der Waals surface area contributed by atoms with Crippen LogP contribution in [-0.4, -0.2) is 13.2 Å². The van der Waals surface area contributed by atoms with Crippen molar-refractivity contribution in [1.29, 1.82) is 0 Å². The highest BCUT2D eigenvalue weighted by Gasteiger charge is 2.12. The average molecular weight is 373 g/mol. The van der Waals surface area contributed by atoms with Crippen molar-refractivity contribution in [3.8, 4) is 5.75 Å². The molecule has 0 aliphatic heterocycles. The highest BCUT2D eigenvalue weighted by atomic mass is 79.9. The van der Waals surface area contributed by atoms with Crippen LogP contribution in [0.15, 0.2) is 40.9 Å². The predicted molar refractivity (Wildman–Crippen MR) is 87.5 cm³/mol. The van der Waals surface area contributed by atoms with Crippen molar-refractivity contribution in [2.75, 3.05) is 7.11 Å². The summed E-state index contributed by atoms with van der Waals surface area (Å²) in [5, 5.41) is 0.131. The van der Waals surface area contributed by atoms with Crippen molar-refractivity contribution in [1.82, 2.24) is 0 Å². The number of hydrogen-bond acceptors (Lipinski definition) is 2. The smallest absolute Gasteiger partial charge is 0.145 e. The van der Waals surface area contributed by atoms with Gasteiger partial charge in [-0.3, -0.25) is 0 Å². The molecule has 0 saturated carbocycles. The van der Waals surface area contributed by atoms with E-state index in [1.54, 1.807) is 19.2 Å². The van der Waals surface area contributed by atoms with Crippen LogP contribution < -0.4 is 10.5 Å². The van der Waals surface area contributed by atoms with Crippen molar-refractivity contribution < 1.29 is 9.13 Å². The monoisotopic (exact) mass is 371 g/mol. The number of rotatable bonds is 5. The van der Waals surface area contributed by atoms with Gasteiger partial charge in [-0.05, 0) is 58.1 Å². The summed E-state index contributed by atoms with van der Waals surface area (Å²) in [5.74, 6) is 0.388. The van der Waals surface area contributed by atoms with E-state index < -0.39 is 0 Å². The van der Waals surface area contributed by atoms with E-state index in [0.29, 0.717) is 18.4 Å². The molecular formula is C16H16BrClFNO. The van der Waals surface area contributed by atoms with Gasteiger partial charge in [-0.25, -0.2) is 4.39 Å². The Bertz CT molecular complexity index is 636. The molecule has 0 aromatic heterocycles. The highest BCUT2D eigenvalue weighted by Crippen LogP contribution is 2.26. The van der Waals surface area contributed by atoms with Gasteiger partial charge in [-0.1, -0.05) is 29.8 Å². The summed E-state index contributed by atoms with van der Waals surface area (Å²) in [5.41, 5.74) is 7.73. The molecule has 0 saturated heterocycles. The van der Waals surface area contributed by atoms with Gasteiger partial charge < -0.3 is 10.5 Å². The standard InChI is InChI=1S/C16H16BrClFNO/c1-21-15-6-5-10(8-13(15)17)7-12(20)9-11-3-2-4-14(18)16(11)19/h2-6,8,12H,7,9,20H2,1H3. The average Bonchev–Trinajstić information content (AvgIpc) is 2.44. The molecule has 2 nitrogen and oxygen atoms in total. The summed E-state index contributed by atoms with van der Waals surface area (Å²) in [6.07, 6.45) is 1.09. The molecule has 2 N–H and O–H groups in total. The molecule has 2 aromatic carbocycles. The van der Waals surface area contributed by atoms with Crippen molar-refractivity contribution in [2.24, 2.45) is 5.73 Å². The quantitative estimate of drug-likeness (QED) is 0.846. The molecule has 1 atom stereocenters. The molecule has 0 fully saturated rings. The Morgan fingerprint density at radius 1 is 1.29 bits per heavy atom. The fraction of sp³-hybridized carbons (Fsp3) is 0.250.